The molecule has 2 heterocycles. The summed E-state index contributed by atoms with van der Waals surface area (Å²) in [5.41, 5.74) is 1.68. The minimum atomic E-state index is -0.261. The molecule has 24 heavy (non-hydrogen) atoms. The quantitative estimate of drug-likeness (QED) is 0.924. The number of aromatic nitrogens is 1. The third-order valence-electron chi connectivity index (χ3n) is 4.26. The first-order valence-corrected chi connectivity index (χ1v) is 8.80. The third-order valence-corrected chi connectivity index (χ3v) is 5.11. The van der Waals surface area contributed by atoms with Crippen molar-refractivity contribution in [1.29, 1.82) is 0 Å². The van der Waals surface area contributed by atoms with Gasteiger partial charge in [0.1, 0.15) is 10.8 Å². The Labute approximate surface area is 145 Å². The molecule has 2 amide bonds. The summed E-state index contributed by atoms with van der Waals surface area (Å²) in [5.74, 6) is -0.261. The number of amides is 2. The van der Waals surface area contributed by atoms with Gasteiger partial charge in [-0.25, -0.2) is 14.2 Å². The SMILES string of the molecule is CN(C)[C@H]1CCN(C(=O)NCc2nc(-c3ccc(F)cc3)cs2)C1. The second-order valence-corrected chi connectivity index (χ2v) is 7.09. The van der Waals surface area contributed by atoms with Crippen LogP contribution >= 0.6 is 11.3 Å². The summed E-state index contributed by atoms with van der Waals surface area (Å²) in [6.07, 6.45) is 1.01. The monoisotopic (exact) mass is 348 g/mol. The highest BCUT2D eigenvalue weighted by Gasteiger charge is 2.27. The summed E-state index contributed by atoms with van der Waals surface area (Å²) in [4.78, 5) is 20.7. The van der Waals surface area contributed by atoms with Gasteiger partial charge in [-0.1, -0.05) is 0 Å². The third kappa shape index (κ3) is 3.91. The van der Waals surface area contributed by atoms with E-state index < -0.39 is 0 Å². The summed E-state index contributed by atoms with van der Waals surface area (Å²) in [5, 5.41) is 5.69. The molecule has 0 spiro atoms. The van der Waals surface area contributed by atoms with Gasteiger partial charge in [-0.15, -0.1) is 11.3 Å². The molecule has 1 saturated heterocycles. The number of urea groups is 1. The van der Waals surface area contributed by atoms with Crippen molar-refractivity contribution in [2.45, 2.75) is 19.0 Å². The highest BCUT2D eigenvalue weighted by Crippen LogP contribution is 2.22. The van der Waals surface area contributed by atoms with Crippen molar-refractivity contribution >= 4 is 17.4 Å². The van der Waals surface area contributed by atoms with Crippen LogP contribution in [0, 0.1) is 5.82 Å². The van der Waals surface area contributed by atoms with E-state index in [1.165, 1.54) is 23.5 Å². The van der Waals surface area contributed by atoms with Gasteiger partial charge in [0.2, 0.25) is 0 Å². The Bertz CT molecular complexity index is 701. The number of hydrogen-bond donors (Lipinski definition) is 1. The van der Waals surface area contributed by atoms with E-state index in [1.54, 1.807) is 12.1 Å². The maximum atomic E-state index is 13.0. The van der Waals surface area contributed by atoms with Gasteiger partial charge in [-0.2, -0.15) is 0 Å². The van der Waals surface area contributed by atoms with E-state index in [1.807, 2.05) is 24.4 Å². The number of nitrogens with zero attached hydrogens (tertiary/aromatic N) is 3. The van der Waals surface area contributed by atoms with Gasteiger partial charge in [-0.3, -0.25) is 0 Å². The van der Waals surface area contributed by atoms with Crippen molar-refractivity contribution in [3.05, 3.63) is 40.5 Å². The Kier molecular flexibility index (Phi) is 5.11. The number of halogens is 1. The van der Waals surface area contributed by atoms with Crippen LogP contribution in [0.15, 0.2) is 29.6 Å². The first kappa shape index (κ1) is 16.9. The second kappa shape index (κ2) is 7.27. The van der Waals surface area contributed by atoms with Gasteiger partial charge in [0.25, 0.3) is 0 Å². The van der Waals surface area contributed by atoms with E-state index in [0.717, 1.165) is 35.8 Å². The van der Waals surface area contributed by atoms with Crippen LogP contribution in [0.25, 0.3) is 11.3 Å². The van der Waals surface area contributed by atoms with Crippen molar-refractivity contribution in [2.24, 2.45) is 0 Å². The van der Waals surface area contributed by atoms with Gasteiger partial charge in [0, 0.05) is 30.1 Å². The van der Waals surface area contributed by atoms with Crippen molar-refractivity contribution in [2.75, 3.05) is 27.2 Å². The van der Waals surface area contributed by atoms with Gasteiger partial charge >= 0.3 is 6.03 Å². The Hall–Kier alpha value is -1.99. The van der Waals surface area contributed by atoms with Crippen molar-refractivity contribution < 1.29 is 9.18 Å². The smallest absolute Gasteiger partial charge is 0.317 e. The molecular formula is C17H21FN4OS. The maximum Gasteiger partial charge on any atom is 0.317 e. The maximum absolute atomic E-state index is 13.0. The molecule has 0 aliphatic carbocycles. The number of thiazole rings is 1. The first-order chi connectivity index (χ1) is 11.5. The minimum absolute atomic E-state index is 0.0436. The van der Waals surface area contributed by atoms with Crippen LogP contribution in [0.4, 0.5) is 9.18 Å². The van der Waals surface area contributed by atoms with Crippen LogP contribution in [0.1, 0.15) is 11.4 Å². The van der Waals surface area contributed by atoms with E-state index in [0.29, 0.717) is 12.6 Å². The average Bonchev–Trinajstić information content (AvgIpc) is 3.23. The van der Waals surface area contributed by atoms with E-state index in [2.05, 4.69) is 15.2 Å². The molecule has 1 aromatic heterocycles. The molecule has 5 nitrogen and oxygen atoms in total. The molecule has 1 atom stereocenters. The van der Waals surface area contributed by atoms with Gasteiger partial charge < -0.3 is 15.1 Å². The lowest BCUT2D eigenvalue weighted by molar-refractivity contribution is 0.203. The van der Waals surface area contributed by atoms with E-state index in [4.69, 9.17) is 0 Å². The average molecular weight is 348 g/mol. The van der Waals surface area contributed by atoms with Crippen LogP contribution in [0.3, 0.4) is 0 Å². The second-order valence-electron chi connectivity index (χ2n) is 6.14. The molecule has 1 N–H and O–H groups in total. The first-order valence-electron chi connectivity index (χ1n) is 7.92. The van der Waals surface area contributed by atoms with Crippen LogP contribution < -0.4 is 5.32 Å². The largest absolute Gasteiger partial charge is 0.331 e. The molecule has 1 fully saturated rings. The lowest BCUT2D eigenvalue weighted by Gasteiger charge is -2.20. The molecule has 0 unspecified atom stereocenters. The lowest BCUT2D eigenvalue weighted by atomic mass is 10.2. The molecule has 0 radical (unpaired) electrons. The normalized spacial score (nSPS) is 17.5. The highest BCUT2D eigenvalue weighted by atomic mass is 32.1. The predicted octanol–water partition coefficient (Wildman–Crippen LogP) is 2.79. The topological polar surface area (TPSA) is 48.5 Å². The molecule has 1 aliphatic rings. The number of rotatable bonds is 4. The summed E-state index contributed by atoms with van der Waals surface area (Å²) in [6.45, 7) is 1.96. The van der Waals surface area contributed by atoms with Crippen molar-refractivity contribution in [1.82, 2.24) is 20.1 Å². The predicted molar refractivity (Wildman–Crippen MR) is 93.4 cm³/mol. The van der Waals surface area contributed by atoms with Crippen LogP contribution in [0.5, 0.6) is 0 Å². The molecule has 7 heteroatoms. The zero-order chi connectivity index (χ0) is 17.1. The highest BCUT2D eigenvalue weighted by molar-refractivity contribution is 7.09. The number of likely N-dealkylation sites (tertiary alicyclic amines) is 1. The van der Waals surface area contributed by atoms with Gasteiger partial charge in [-0.05, 0) is 44.8 Å². The minimum Gasteiger partial charge on any atom is -0.331 e. The lowest BCUT2D eigenvalue weighted by Crippen LogP contribution is -2.40. The molecule has 0 saturated carbocycles. The van der Waals surface area contributed by atoms with E-state index in [-0.39, 0.29) is 11.8 Å². The Morgan fingerprint density at radius 2 is 2.17 bits per heavy atom. The molecule has 1 aromatic carbocycles. The molecular weight excluding hydrogens is 327 g/mol. The van der Waals surface area contributed by atoms with Crippen LogP contribution in [-0.4, -0.2) is 54.0 Å². The van der Waals surface area contributed by atoms with E-state index >= 15 is 0 Å². The fourth-order valence-electron chi connectivity index (χ4n) is 2.76. The fraction of sp³-hybridized carbons (Fsp3) is 0.412. The van der Waals surface area contributed by atoms with Crippen molar-refractivity contribution in [3.8, 4) is 11.3 Å². The van der Waals surface area contributed by atoms with Gasteiger partial charge in [0.05, 0.1) is 12.2 Å². The molecule has 3 rings (SSSR count). The summed E-state index contributed by atoms with van der Waals surface area (Å²) < 4.78 is 13.0. The summed E-state index contributed by atoms with van der Waals surface area (Å²) >= 11 is 1.49. The standard InChI is InChI=1S/C17H21FN4OS/c1-21(2)14-7-8-22(10-14)17(23)19-9-16-20-15(11-24-16)12-3-5-13(18)6-4-12/h3-6,11,14H,7-10H2,1-2H3,(H,19,23)/t14-/m0/s1. The zero-order valence-electron chi connectivity index (χ0n) is 13.8. The number of hydrogen-bond acceptors (Lipinski definition) is 4. The molecule has 128 valence electrons. The summed E-state index contributed by atoms with van der Waals surface area (Å²) in [7, 11) is 4.08. The van der Waals surface area contributed by atoms with Crippen molar-refractivity contribution in [3.63, 3.8) is 0 Å². The number of nitrogens with one attached hydrogen (secondary N) is 1. The zero-order valence-corrected chi connectivity index (χ0v) is 14.6. The number of benzene rings is 1. The number of likely N-dealkylation sites (N-methyl/N-ethyl adjacent to an activating group) is 1. The van der Waals surface area contributed by atoms with Crippen LogP contribution in [-0.2, 0) is 6.54 Å². The Morgan fingerprint density at radius 3 is 2.83 bits per heavy atom. The van der Waals surface area contributed by atoms with E-state index in [9.17, 15) is 9.18 Å². The summed E-state index contributed by atoms with van der Waals surface area (Å²) in [6, 6.07) is 6.64. The molecule has 0 bridgehead atoms. The number of carbonyl (C=O) groups is 1. The molecule has 2 aromatic rings. The fourth-order valence-corrected chi connectivity index (χ4v) is 3.50. The van der Waals surface area contributed by atoms with Gasteiger partial charge in [0.15, 0.2) is 0 Å². The number of carbonyl (C=O) groups excluding carboxylic acids is 1. The van der Waals surface area contributed by atoms with Crippen LogP contribution in [0.2, 0.25) is 0 Å². The molecule has 1 aliphatic heterocycles. The Balaban J connectivity index is 1.54. The Morgan fingerprint density at radius 1 is 1.42 bits per heavy atom.